The van der Waals surface area contributed by atoms with E-state index in [-0.39, 0.29) is 11.8 Å². The van der Waals surface area contributed by atoms with Crippen LogP contribution in [0.2, 0.25) is 0 Å². The van der Waals surface area contributed by atoms with Crippen LogP contribution in [0.15, 0.2) is 36.7 Å². The van der Waals surface area contributed by atoms with Gasteiger partial charge in [-0.25, -0.2) is 4.98 Å². The number of amides is 1. The van der Waals surface area contributed by atoms with Crippen LogP contribution in [0, 0.1) is 13.8 Å². The van der Waals surface area contributed by atoms with E-state index in [1.165, 1.54) is 5.56 Å². The highest BCUT2D eigenvalue weighted by Gasteiger charge is 2.33. The minimum atomic E-state index is 0.0138. The van der Waals surface area contributed by atoms with E-state index in [0.29, 0.717) is 18.7 Å². The number of fused-ring (bicyclic) bond motifs is 1. The first-order chi connectivity index (χ1) is 11.6. The highest BCUT2D eigenvalue weighted by Crippen LogP contribution is 2.32. The number of H-pyrrole nitrogens is 2. The number of imidazole rings is 1. The van der Waals surface area contributed by atoms with Crippen molar-refractivity contribution in [1.82, 2.24) is 25.1 Å². The third-order valence-electron chi connectivity index (χ3n) is 4.66. The lowest BCUT2D eigenvalue weighted by atomic mass is 9.90. The van der Waals surface area contributed by atoms with Gasteiger partial charge in [0.2, 0.25) is 0 Å². The van der Waals surface area contributed by atoms with Crippen LogP contribution in [0.3, 0.4) is 0 Å². The maximum Gasteiger partial charge on any atom is 0.257 e. The average molecular weight is 321 g/mol. The maximum absolute atomic E-state index is 13.0. The quantitative estimate of drug-likeness (QED) is 0.761. The van der Waals surface area contributed by atoms with E-state index >= 15 is 0 Å². The van der Waals surface area contributed by atoms with Crippen molar-refractivity contribution in [1.29, 1.82) is 0 Å². The zero-order valence-corrected chi connectivity index (χ0v) is 13.7. The highest BCUT2D eigenvalue weighted by molar-refractivity contribution is 5.96. The number of nitrogens with one attached hydrogen (secondary N) is 2. The molecular weight excluding hydrogens is 302 g/mol. The molecule has 2 N–H and O–H groups in total. The summed E-state index contributed by atoms with van der Waals surface area (Å²) >= 11 is 0. The van der Waals surface area contributed by atoms with Gasteiger partial charge < -0.3 is 9.88 Å². The number of carbonyl (C=O) groups excluding carboxylic acids is 1. The lowest BCUT2D eigenvalue weighted by molar-refractivity contribution is 0.0720. The Bertz CT molecular complexity index is 860. The van der Waals surface area contributed by atoms with E-state index in [4.69, 9.17) is 0 Å². The van der Waals surface area contributed by atoms with E-state index in [1.54, 1.807) is 6.33 Å². The molecule has 0 radical (unpaired) electrons. The summed E-state index contributed by atoms with van der Waals surface area (Å²) in [5.41, 5.74) is 5.43. The Morgan fingerprint density at radius 2 is 2.04 bits per heavy atom. The van der Waals surface area contributed by atoms with Crippen LogP contribution in [-0.2, 0) is 6.54 Å². The van der Waals surface area contributed by atoms with Gasteiger partial charge in [-0.05, 0) is 19.4 Å². The third-order valence-corrected chi connectivity index (χ3v) is 4.66. The third kappa shape index (κ3) is 2.31. The van der Waals surface area contributed by atoms with E-state index in [0.717, 1.165) is 22.8 Å². The smallest absolute Gasteiger partial charge is 0.257 e. The van der Waals surface area contributed by atoms with Crippen LogP contribution in [-0.4, -0.2) is 37.5 Å². The average Bonchev–Trinajstić information content (AvgIpc) is 3.20. The van der Waals surface area contributed by atoms with Crippen LogP contribution in [0.4, 0.5) is 0 Å². The Morgan fingerprint density at radius 3 is 2.75 bits per heavy atom. The van der Waals surface area contributed by atoms with Crippen LogP contribution in [0.5, 0.6) is 0 Å². The molecule has 1 aromatic carbocycles. The topological polar surface area (TPSA) is 77.7 Å². The molecule has 6 heteroatoms. The lowest BCUT2D eigenvalue weighted by Gasteiger charge is -2.32. The molecule has 1 atom stereocenters. The fraction of sp³-hybridized carbons (Fsp3) is 0.278. The van der Waals surface area contributed by atoms with Crippen molar-refractivity contribution in [3.63, 3.8) is 0 Å². The first kappa shape index (κ1) is 14.7. The Hall–Kier alpha value is -2.89. The molecule has 122 valence electrons. The number of rotatable bonds is 2. The standard InChI is InChI=1S/C18H19N5O/c1-11-16(12(2)22-21-11)18(24)23-8-14(13-6-4-3-5-7-13)17-15(9-23)19-10-20-17/h3-7,10,14H,8-9H2,1-2H3,(H,19,20)(H,21,22). The molecule has 3 heterocycles. The van der Waals surface area contributed by atoms with Gasteiger partial charge >= 0.3 is 0 Å². The molecule has 1 aliphatic heterocycles. The number of carbonyl (C=O) groups is 1. The fourth-order valence-electron chi connectivity index (χ4n) is 3.45. The summed E-state index contributed by atoms with van der Waals surface area (Å²) in [5.74, 6) is 0.0950. The van der Waals surface area contributed by atoms with Crippen molar-refractivity contribution in [2.24, 2.45) is 0 Å². The highest BCUT2D eigenvalue weighted by atomic mass is 16.2. The molecule has 3 aromatic rings. The van der Waals surface area contributed by atoms with Gasteiger partial charge in [0.05, 0.1) is 35.5 Å². The number of benzene rings is 1. The second kappa shape index (κ2) is 5.63. The molecule has 1 unspecified atom stereocenters. The van der Waals surface area contributed by atoms with Crippen molar-refractivity contribution < 1.29 is 4.79 Å². The van der Waals surface area contributed by atoms with Gasteiger partial charge in [0.1, 0.15) is 0 Å². The summed E-state index contributed by atoms with van der Waals surface area (Å²) in [6, 6.07) is 10.2. The largest absolute Gasteiger partial charge is 0.347 e. The predicted molar refractivity (Wildman–Crippen MR) is 89.7 cm³/mol. The molecule has 2 aromatic heterocycles. The molecular formula is C18H19N5O. The van der Waals surface area contributed by atoms with Gasteiger partial charge in [0.15, 0.2) is 0 Å². The molecule has 24 heavy (non-hydrogen) atoms. The lowest BCUT2D eigenvalue weighted by Crippen LogP contribution is -2.39. The fourth-order valence-corrected chi connectivity index (χ4v) is 3.45. The Balaban J connectivity index is 1.71. The van der Waals surface area contributed by atoms with Crippen LogP contribution in [0.1, 0.15) is 44.6 Å². The second-order valence-corrected chi connectivity index (χ2v) is 6.22. The van der Waals surface area contributed by atoms with Gasteiger partial charge in [0.25, 0.3) is 5.91 Å². The normalized spacial score (nSPS) is 16.9. The molecule has 0 saturated heterocycles. The summed E-state index contributed by atoms with van der Waals surface area (Å²) in [6.45, 7) is 4.90. The molecule has 1 aliphatic rings. The first-order valence-electron chi connectivity index (χ1n) is 8.03. The van der Waals surface area contributed by atoms with Crippen LogP contribution in [0.25, 0.3) is 0 Å². The van der Waals surface area contributed by atoms with Crippen LogP contribution < -0.4 is 0 Å². The number of hydrogen-bond acceptors (Lipinski definition) is 3. The number of nitrogens with zero attached hydrogens (tertiary/aromatic N) is 3. The Kier molecular flexibility index (Phi) is 3.45. The minimum Gasteiger partial charge on any atom is -0.347 e. The minimum absolute atomic E-state index is 0.0138. The number of aromatic nitrogens is 4. The molecule has 0 bridgehead atoms. The van der Waals surface area contributed by atoms with Gasteiger partial charge in [-0.15, -0.1) is 0 Å². The molecule has 0 saturated carbocycles. The molecule has 4 rings (SSSR count). The van der Waals surface area contributed by atoms with Crippen molar-refractivity contribution >= 4 is 5.91 Å². The SMILES string of the molecule is Cc1n[nH]c(C)c1C(=O)N1Cc2[nH]cnc2C(c2ccccc2)C1. The predicted octanol–water partition coefficient (Wildman–Crippen LogP) is 2.54. The molecule has 1 amide bonds. The summed E-state index contributed by atoms with van der Waals surface area (Å²) in [5, 5.41) is 7.05. The zero-order valence-electron chi connectivity index (χ0n) is 13.7. The number of aryl methyl sites for hydroxylation is 2. The monoisotopic (exact) mass is 321 g/mol. The van der Waals surface area contributed by atoms with E-state index in [9.17, 15) is 4.79 Å². The van der Waals surface area contributed by atoms with E-state index in [1.807, 2.05) is 36.9 Å². The first-order valence-corrected chi connectivity index (χ1v) is 8.03. The summed E-state index contributed by atoms with van der Waals surface area (Å²) < 4.78 is 0. The van der Waals surface area contributed by atoms with Crippen molar-refractivity contribution in [3.8, 4) is 0 Å². The van der Waals surface area contributed by atoms with Gasteiger partial charge in [-0.2, -0.15) is 5.10 Å². The molecule has 0 aliphatic carbocycles. The Morgan fingerprint density at radius 1 is 1.25 bits per heavy atom. The molecule has 6 nitrogen and oxygen atoms in total. The van der Waals surface area contributed by atoms with E-state index < -0.39 is 0 Å². The second-order valence-electron chi connectivity index (χ2n) is 6.22. The zero-order chi connectivity index (χ0) is 16.7. The Labute approximate surface area is 139 Å². The number of aromatic amines is 2. The summed E-state index contributed by atoms with van der Waals surface area (Å²) in [7, 11) is 0. The molecule has 0 fully saturated rings. The number of hydrogen-bond donors (Lipinski definition) is 2. The van der Waals surface area contributed by atoms with E-state index in [2.05, 4.69) is 32.3 Å². The summed E-state index contributed by atoms with van der Waals surface area (Å²) in [6.07, 6.45) is 1.71. The van der Waals surface area contributed by atoms with Gasteiger partial charge in [0, 0.05) is 18.2 Å². The maximum atomic E-state index is 13.0. The van der Waals surface area contributed by atoms with Gasteiger partial charge in [-0.1, -0.05) is 30.3 Å². The van der Waals surface area contributed by atoms with Crippen molar-refractivity contribution in [3.05, 3.63) is 70.6 Å². The van der Waals surface area contributed by atoms with Gasteiger partial charge in [-0.3, -0.25) is 9.89 Å². The summed E-state index contributed by atoms with van der Waals surface area (Å²) in [4.78, 5) is 22.6. The molecule has 0 spiro atoms. The van der Waals surface area contributed by atoms with Crippen molar-refractivity contribution in [2.45, 2.75) is 26.3 Å². The van der Waals surface area contributed by atoms with Crippen LogP contribution >= 0.6 is 0 Å². The van der Waals surface area contributed by atoms with Crippen molar-refractivity contribution in [2.75, 3.05) is 6.54 Å².